The minimum Gasteiger partial charge on any atom is -0.316 e. The highest BCUT2D eigenvalue weighted by atomic mass is 35.5. The molecule has 0 N–H and O–H groups in total. The minimum atomic E-state index is -4.76. The zero-order chi connectivity index (χ0) is 19.3. The first kappa shape index (κ1) is 18.8. The summed E-state index contributed by atoms with van der Waals surface area (Å²) in [4.78, 5) is 3.55. The van der Waals surface area contributed by atoms with Gasteiger partial charge in [0.15, 0.2) is 0 Å². The van der Waals surface area contributed by atoms with Crippen molar-refractivity contribution < 1.29 is 26.3 Å². The summed E-state index contributed by atoms with van der Waals surface area (Å²) in [7, 11) is 0. The molecule has 10 heteroatoms. The van der Waals surface area contributed by atoms with Crippen molar-refractivity contribution in [1.82, 2.24) is 9.55 Å². The molecule has 0 atom stereocenters. The molecule has 0 unspecified atom stereocenters. The summed E-state index contributed by atoms with van der Waals surface area (Å²) in [5.74, 6) is -1.19. The molecule has 0 amide bonds. The van der Waals surface area contributed by atoms with Gasteiger partial charge in [-0.25, -0.2) is 4.98 Å². The number of hydrogen-bond donors (Lipinski definition) is 0. The molecule has 0 saturated heterocycles. The van der Waals surface area contributed by atoms with Crippen molar-refractivity contribution in [3.8, 4) is 0 Å². The highest BCUT2D eigenvalue weighted by Gasteiger charge is 2.38. The molecular formula is C16H8Cl2F6N2. The Kier molecular flexibility index (Phi) is 4.60. The summed E-state index contributed by atoms with van der Waals surface area (Å²) in [5.41, 5.74) is -0.582. The normalized spacial score (nSPS) is 12.8. The number of imidazole rings is 1. The summed E-state index contributed by atoms with van der Waals surface area (Å²) in [6.45, 7) is -0.332. The fourth-order valence-corrected chi connectivity index (χ4v) is 2.79. The average molecular weight is 413 g/mol. The van der Waals surface area contributed by atoms with Crippen molar-refractivity contribution >= 4 is 34.2 Å². The topological polar surface area (TPSA) is 17.8 Å². The predicted molar refractivity (Wildman–Crippen MR) is 85.3 cm³/mol. The Balaban J connectivity index is 2.10. The average Bonchev–Trinajstić information content (AvgIpc) is 2.85. The van der Waals surface area contributed by atoms with E-state index in [1.807, 2.05) is 0 Å². The summed E-state index contributed by atoms with van der Waals surface area (Å²) in [5, 5.41) is 0.0912. The van der Waals surface area contributed by atoms with Crippen LogP contribution in [0.15, 0.2) is 36.4 Å². The van der Waals surface area contributed by atoms with E-state index in [0.717, 1.165) is 28.8 Å². The van der Waals surface area contributed by atoms with Crippen molar-refractivity contribution in [3.05, 3.63) is 63.4 Å². The number of alkyl halides is 6. The van der Waals surface area contributed by atoms with Crippen LogP contribution < -0.4 is 0 Å². The van der Waals surface area contributed by atoms with Crippen LogP contribution in [-0.4, -0.2) is 9.55 Å². The van der Waals surface area contributed by atoms with Gasteiger partial charge in [-0.2, -0.15) is 26.3 Å². The molecule has 0 bridgehead atoms. The molecule has 2 aromatic carbocycles. The molecule has 0 aliphatic carbocycles. The molecule has 3 rings (SSSR count). The standard InChI is InChI=1S/C16H8Cl2F6N2/c17-10-5-12-13(6-11(10)18)26(14(25-12)16(22,23)24)7-8-1-3-9(4-2-8)15(19,20)21/h1-6H,7H2. The van der Waals surface area contributed by atoms with Crippen LogP contribution in [0.4, 0.5) is 26.3 Å². The lowest BCUT2D eigenvalue weighted by Gasteiger charge is -2.13. The summed E-state index contributed by atoms with van der Waals surface area (Å²) < 4.78 is 78.6. The second-order valence-corrected chi connectivity index (χ2v) is 6.28. The highest BCUT2D eigenvalue weighted by Crippen LogP contribution is 2.35. The second kappa shape index (κ2) is 6.35. The van der Waals surface area contributed by atoms with E-state index in [1.54, 1.807) is 0 Å². The second-order valence-electron chi connectivity index (χ2n) is 5.47. The summed E-state index contributed by atoms with van der Waals surface area (Å²) >= 11 is 11.7. The van der Waals surface area contributed by atoms with Crippen LogP contribution in [0.2, 0.25) is 10.0 Å². The molecule has 138 valence electrons. The lowest BCUT2D eigenvalue weighted by Crippen LogP contribution is -2.15. The Hall–Kier alpha value is -1.93. The van der Waals surface area contributed by atoms with Crippen LogP contribution >= 0.6 is 23.2 Å². The predicted octanol–water partition coefficient (Wildman–Crippen LogP) is 6.43. The third-order valence-corrected chi connectivity index (χ3v) is 4.39. The lowest BCUT2D eigenvalue weighted by atomic mass is 10.1. The maximum absolute atomic E-state index is 13.3. The zero-order valence-electron chi connectivity index (χ0n) is 12.6. The molecule has 2 nitrogen and oxygen atoms in total. The van der Waals surface area contributed by atoms with Gasteiger partial charge in [0, 0.05) is 6.54 Å². The molecule has 26 heavy (non-hydrogen) atoms. The van der Waals surface area contributed by atoms with Gasteiger partial charge in [0.1, 0.15) is 0 Å². The van der Waals surface area contributed by atoms with Gasteiger partial charge in [-0.3, -0.25) is 0 Å². The van der Waals surface area contributed by atoms with Gasteiger partial charge >= 0.3 is 12.4 Å². The SMILES string of the molecule is FC(F)(F)c1ccc(Cn2c(C(F)(F)F)nc3cc(Cl)c(Cl)cc32)cc1. The van der Waals surface area contributed by atoms with Crippen LogP contribution in [0.1, 0.15) is 17.0 Å². The van der Waals surface area contributed by atoms with Crippen LogP contribution in [0.3, 0.4) is 0 Å². The molecule has 0 spiro atoms. The smallest absolute Gasteiger partial charge is 0.316 e. The maximum Gasteiger partial charge on any atom is 0.449 e. The Morgan fingerprint density at radius 2 is 1.42 bits per heavy atom. The number of aromatic nitrogens is 2. The molecule has 0 saturated carbocycles. The van der Waals surface area contributed by atoms with Crippen molar-refractivity contribution in [1.29, 1.82) is 0 Å². The van der Waals surface area contributed by atoms with E-state index in [0.29, 0.717) is 0 Å². The Morgan fingerprint density at radius 1 is 0.846 bits per heavy atom. The van der Waals surface area contributed by atoms with Gasteiger partial charge in [0.25, 0.3) is 0 Å². The van der Waals surface area contributed by atoms with Gasteiger partial charge in [-0.05, 0) is 29.8 Å². The van der Waals surface area contributed by atoms with Crippen LogP contribution in [0.25, 0.3) is 11.0 Å². The number of fused-ring (bicyclic) bond motifs is 1. The largest absolute Gasteiger partial charge is 0.449 e. The summed E-state index contributed by atoms with van der Waals surface area (Å²) in [6.07, 6.45) is -9.29. The van der Waals surface area contributed by atoms with E-state index >= 15 is 0 Å². The molecule has 0 aliphatic heterocycles. The molecule has 0 aliphatic rings. The third-order valence-electron chi connectivity index (χ3n) is 3.67. The van der Waals surface area contributed by atoms with Gasteiger partial charge < -0.3 is 4.57 Å². The van der Waals surface area contributed by atoms with E-state index < -0.39 is 23.7 Å². The van der Waals surface area contributed by atoms with Gasteiger partial charge in [0.2, 0.25) is 5.82 Å². The molecule has 1 aromatic heterocycles. The highest BCUT2D eigenvalue weighted by molar-refractivity contribution is 6.42. The lowest BCUT2D eigenvalue weighted by molar-refractivity contribution is -0.146. The Morgan fingerprint density at radius 3 is 1.96 bits per heavy atom. The van der Waals surface area contributed by atoms with E-state index in [-0.39, 0.29) is 33.2 Å². The van der Waals surface area contributed by atoms with E-state index in [4.69, 9.17) is 23.2 Å². The van der Waals surface area contributed by atoms with Crippen molar-refractivity contribution in [2.75, 3.05) is 0 Å². The monoisotopic (exact) mass is 412 g/mol. The number of halogens is 8. The third kappa shape index (κ3) is 3.61. The quantitative estimate of drug-likeness (QED) is 0.443. The molecule has 3 aromatic rings. The fraction of sp³-hybridized carbons (Fsp3) is 0.188. The van der Waals surface area contributed by atoms with Crippen molar-refractivity contribution in [3.63, 3.8) is 0 Å². The Labute approximate surface area is 153 Å². The molecule has 1 heterocycles. The first-order valence-electron chi connectivity index (χ1n) is 7.05. The van der Waals surface area contributed by atoms with Gasteiger partial charge in [-0.15, -0.1) is 0 Å². The summed E-state index contributed by atoms with van der Waals surface area (Å²) in [6, 6.07) is 6.30. The maximum atomic E-state index is 13.3. The number of rotatable bonds is 2. The number of hydrogen-bond acceptors (Lipinski definition) is 1. The van der Waals surface area contributed by atoms with Crippen LogP contribution in [0.5, 0.6) is 0 Å². The molecular weight excluding hydrogens is 405 g/mol. The zero-order valence-corrected chi connectivity index (χ0v) is 14.1. The number of benzene rings is 2. The number of nitrogens with zero attached hydrogens (tertiary/aromatic N) is 2. The van der Waals surface area contributed by atoms with Gasteiger partial charge in [0.05, 0.1) is 26.6 Å². The van der Waals surface area contributed by atoms with Crippen molar-refractivity contribution in [2.24, 2.45) is 0 Å². The van der Waals surface area contributed by atoms with Crippen molar-refractivity contribution in [2.45, 2.75) is 18.9 Å². The Bertz CT molecular complexity index is 958. The van der Waals surface area contributed by atoms with E-state index in [2.05, 4.69) is 4.98 Å². The first-order chi connectivity index (χ1) is 12.0. The van der Waals surface area contributed by atoms with Crippen LogP contribution in [-0.2, 0) is 18.9 Å². The minimum absolute atomic E-state index is 0.0152. The van der Waals surface area contributed by atoms with Crippen LogP contribution in [0, 0.1) is 0 Å². The first-order valence-corrected chi connectivity index (χ1v) is 7.81. The molecule has 0 radical (unpaired) electrons. The van der Waals surface area contributed by atoms with E-state index in [9.17, 15) is 26.3 Å². The van der Waals surface area contributed by atoms with Gasteiger partial charge in [-0.1, -0.05) is 35.3 Å². The fourth-order valence-electron chi connectivity index (χ4n) is 2.48. The van der Waals surface area contributed by atoms with E-state index in [1.165, 1.54) is 12.1 Å². The molecule has 0 fully saturated rings.